The molecule has 0 saturated heterocycles. The van der Waals surface area contributed by atoms with E-state index < -0.39 is 0 Å². The average molecular weight is 663 g/mol. The van der Waals surface area contributed by atoms with E-state index in [9.17, 15) is 0 Å². The molecule has 0 unspecified atom stereocenters. The molecule has 9 aromatic carbocycles. The molecule has 0 atom stereocenters. The lowest BCUT2D eigenvalue weighted by atomic mass is 9.79. The zero-order chi connectivity index (χ0) is 34.9. The number of hydrogen-bond donors (Lipinski definition) is 0. The molecule has 0 spiro atoms. The van der Waals surface area contributed by atoms with Gasteiger partial charge in [-0.3, -0.25) is 0 Å². The summed E-state index contributed by atoms with van der Waals surface area (Å²) in [6.07, 6.45) is 0. The van der Waals surface area contributed by atoms with Crippen LogP contribution >= 0.6 is 0 Å². The van der Waals surface area contributed by atoms with Crippen molar-refractivity contribution in [2.75, 3.05) is 0 Å². The zero-order valence-electron chi connectivity index (χ0n) is 30.0. The van der Waals surface area contributed by atoms with Crippen molar-refractivity contribution >= 4 is 43.1 Å². The minimum absolute atomic E-state index is 0.0755. The van der Waals surface area contributed by atoms with E-state index in [0.717, 1.165) is 0 Å². The maximum Gasteiger partial charge on any atom is 0.0159 e. The standard InChI is InChI=1S/C52H38/c1-51(2)44-19-11-9-15-36(44)38-24-22-32(29-46(38)51)48-40-17-7-8-18-41(40)49(33-23-25-39-37-16-10-12-20-45(37)52(3,4)47(39)30-33)50-42-26-21-31-13-5-6-14-34(31)35(42)27-28-43(48)50/h5-30H,1-4H3. The van der Waals surface area contributed by atoms with Crippen LogP contribution in [-0.2, 0) is 10.8 Å². The van der Waals surface area contributed by atoms with Crippen LogP contribution in [0.3, 0.4) is 0 Å². The minimum Gasteiger partial charge on any atom is -0.0619 e. The van der Waals surface area contributed by atoms with Crippen LogP contribution in [0.2, 0.25) is 0 Å². The molecular weight excluding hydrogens is 625 g/mol. The highest BCUT2D eigenvalue weighted by Crippen LogP contribution is 2.54. The Morgan fingerprint density at radius 1 is 0.308 bits per heavy atom. The van der Waals surface area contributed by atoms with Crippen molar-refractivity contribution in [3.8, 4) is 44.5 Å². The lowest BCUT2D eigenvalue weighted by Crippen LogP contribution is -2.15. The molecule has 0 aromatic heterocycles. The zero-order valence-corrected chi connectivity index (χ0v) is 30.0. The van der Waals surface area contributed by atoms with Crippen LogP contribution in [0.1, 0.15) is 49.9 Å². The van der Waals surface area contributed by atoms with Crippen LogP contribution in [0.4, 0.5) is 0 Å². The highest BCUT2D eigenvalue weighted by Gasteiger charge is 2.37. The van der Waals surface area contributed by atoms with Crippen molar-refractivity contribution in [1.82, 2.24) is 0 Å². The van der Waals surface area contributed by atoms with Crippen molar-refractivity contribution < 1.29 is 0 Å². The predicted octanol–water partition coefficient (Wildman–Crippen LogP) is 14.2. The number of benzene rings is 9. The molecule has 11 rings (SSSR count). The van der Waals surface area contributed by atoms with Gasteiger partial charge in [-0.05, 0) is 122 Å². The summed E-state index contributed by atoms with van der Waals surface area (Å²) in [5, 5.41) is 10.4. The van der Waals surface area contributed by atoms with Gasteiger partial charge < -0.3 is 0 Å². The molecule has 0 bridgehead atoms. The third-order valence-corrected chi connectivity index (χ3v) is 12.7. The summed E-state index contributed by atoms with van der Waals surface area (Å²) in [6, 6.07) is 59.8. The van der Waals surface area contributed by atoms with Gasteiger partial charge in [-0.15, -0.1) is 0 Å². The van der Waals surface area contributed by atoms with Crippen LogP contribution in [0, 0.1) is 0 Å². The quantitative estimate of drug-likeness (QED) is 0.128. The highest BCUT2D eigenvalue weighted by molar-refractivity contribution is 6.30. The second-order valence-corrected chi connectivity index (χ2v) is 16.0. The Kier molecular flexibility index (Phi) is 5.89. The summed E-state index contributed by atoms with van der Waals surface area (Å²) < 4.78 is 0. The first kappa shape index (κ1) is 29.7. The first-order valence-electron chi connectivity index (χ1n) is 18.6. The van der Waals surface area contributed by atoms with E-state index in [1.165, 1.54) is 110 Å². The molecule has 2 aliphatic rings. The Morgan fingerprint density at radius 2 is 0.769 bits per heavy atom. The summed E-state index contributed by atoms with van der Waals surface area (Å²) in [6.45, 7) is 9.53. The third kappa shape index (κ3) is 3.82. The second-order valence-electron chi connectivity index (χ2n) is 16.0. The van der Waals surface area contributed by atoms with E-state index in [4.69, 9.17) is 0 Å². The molecule has 0 saturated carbocycles. The summed E-state index contributed by atoms with van der Waals surface area (Å²) in [4.78, 5) is 0. The van der Waals surface area contributed by atoms with Gasteiger partial charge in [-0.2, -0.15) is 0 Å². The van der Waals surface area contributed by atoms with Gasteiger partial charge in [0, 0.05) is 10.8 Å². The maximum atomic E-state index is 2.51. The van der Waals surface area contributed by atoms with Crippen molar-refractivity contribution in [1.29, 1.82) is 0 Å². The Balaban J connectivity index is 1.27. The molecule has 0 aliphatic heterocycles. The van der Waals surface area contributed by atoms with E-state index in [1.54, 1.807) is 0 Å². The van der Waals surface area contributed by atoms with Gasteiger partial charge in [0.2, 0.25) is 0 Å². The molecule has 2 aliphatic carbocycles. The van der Waals surface area contributed by atoms with Gasteiger partial charge in [-0.1, -0.05) is 173 Å². The lowest BCUT2D eigenvalue weighted by Gasteiger charge is -2.24. The Hall–Kier alpha value is -5.98. The normalized spacial score (nSPS) is 14.8. The lowest BCUT2D eigenvalue weighted by molar-refractivity contribution is 0.660. The molecule has 0 heterocycles. The van der Waals surface area contributed by atoms with Crippen molar-refractivity contribution in [3.05, 3.63) is 180 Å². The Labute approximate surface area is 305 Å². The fourth-order valence-electron chi connectivity index (χ4n) is 10.1. The van der Waals surface area contributed by atoms with Gasteiger partial charge in [0.1, 0.15) is 0 Å². The van der Waals surface area contributed by atoms with E-state index in [0.29, 0.717) is 0 Å². The maximum absolute atomic E-state index is 2.51. The fourth-order valence-corrected chi connectivity index (χ4v) is 10.1. The smallest absolute Gasteiger partial charge is 0.0159 e. The van der Waals surface area contributed by atoms with Gasteiger partial charge in [0.25, 0.3) is 0 Å². The molecule has 52 heavy (non-hydrogen) atoms. The van der Waals surface area contributed by atoms with E-state index in [-0.39, 0.29) is 10.8 Å². The largest absolute Gasteiger partial charge is 0.0619 e. The Bertz CT molecular complexity index is 3010. The topological polar surface area (TPSA) is 0 Å². The summed E-state index contributed by atoms with van der Waals surface area (Å²) >= 11 is 0. The summed E-state index contributed by atoms with van der Waals surface area (Å²) in [5.41, 5.74) is 16.1. The van der Waals surface area contributed by atoms with Crippen LogP contribution in [0.15, 0.2) is 158 Å². The van der Waals surface area contributed by atoms with Gasteiger partial charge in [0.15, 0.2) is 0 Å². The number of fused-ring (bicyclic) bond motifs is 12. The molecular formula is C52H38. The number of hydrogen-bond acceptors (Lipinski definition) is 0. The van der Waals surface area contributed by atoms with Gasteiger partial charge in [-0.25, -0.2) is 0 Å². The SMILES string of the molecule is CC1(C)c2ccccc2-c2ccc(-c3c4ccccc4c(-c4ccc5c(c4)C(C)(C)c4ccccc4-5)c4c3ccc3c5ccccc5ccc34)cc21. The predicted molar refractivity (Wildman–Crippen MR) is 222 cm³/mol. The fraction of sp³-hybridized carbons (Fsp3) is 0.115. The van der Waals surface area contributed by atoms with Crippen molar-refractivity contribution in [3.63, 3.8) is 0 Å². The molecule has 0 heteroatoms. The first-order chi connectivity index (χ1) is 25.3. The number of rotatable bonds is 2. The van der Waals surface area contributed by atoms with Gasteiger partial charge >= 0.3 is 0 Å². The Morgan fingerprint density at radius 3 is 1.40 bits per heavy atom. The van der Waals surface area contributed by atoms with Crippen LogP contribution in [0.5, 0.6) is 0 Å². The summed E-state index contributed by atoms with van der Waals surface area (Å²) in [5.74, 6) is 0. The van der Waals surface area contributed by atoms with E-state index >= 15 is 0 Å². The average Bonchev–Trinajstić information content (AvgIpc) is 3.55. The van der Waals surface area contributed by atoms with Gasteiger partial charge in [0.05, 0.1) is 0 Å². The van der Waals surface area contributed by atoms with Crippen LogP contribution < -0.4 is 0 Å². The van der Waals surface area contributed by atoms with E-state index in [2.05, 4.69) is 185 Å². The second kappa shape index (κ2) is 10.3. The molecule has 9 aromatic rings. The third-order valence-electron chi connectivity index (χ3n) is 12.7. The van der Waals surface area contributed by atoms with Crippen LogP contribution in [-0.4, -0.2) is 0 Å². The van der Waals surface area contributed by atoms with E-state index in [1.807, 2.05) is 0 Å². The molecule has 0 fully saturated rings. The minimum atomic E-state index is -0.0828. The molecule has 246 valence electrons. The van der Waals surface area contributed by atoms with Crippen LogP contribution in [0.25, 0.3) is 87.6 Å². The molecule has 0 N–H and O–H groups in total. The monoisotopic (exact) mass is 662 g/mol. The highest BCUT2D eigenvalue weighted by atomic mass is 14.4. The summed E-state index contributed by atoms with van der Waals surface area (Å²) in [7, 11) is 0. The van der Waals surface area contributed by atoms with Crippen molar-refractivity contribution in [2.24, 2.45) is 0 Å². The molecule has 0 nitrogen and oxygen atoms in total. The first-order valence-corrected chi connectivity index (χ1v) is 18.6. The van der Waals surface area contributed by atoms with Crippen molar-refractivity contribution in [2.45, 2.75) is 38.5 Å². The molecule has 0 radical (unpaired) electrons. The molecule has 0 amide bonds.